The van der Waals surface area contributed by atoms with E-state index < -0.39 is 0 Å². The lowest BCUT2D eigenvalue weighted by Crippen LogP contribution is -1.88. The Bertz CT molecular complexity index is 975. The number of thioether (sulfide) groups is 1. The van der Waals surface area contributed by atoms with Crippen molar-refractivity contribution in [3.05, 3.63) is 78.9 Å². The van der Waals surface area contributed by atoms with E-state index in [2.05, 4.69) is 25.5 Å². The summed E-state index contributed by atoms with van der Waals surface area (Å²) < 4.78 is 5.78. The van der Waals surface area contributed by atoms with Gasteiger partial charge in [0.25, 0.3) is 5.89 Å². The topological polar surface area (TPSA) is 76.7 Å². The number of nitrogens with one attached hydrogen (secondary N) is 1. The number of hydrogen-bond acceptors (Lipinski definition) is 7. The molecule has 1 N–H and O–H groups in total. The number of rotatable bonds is 6. The first-order valence-electron chi connectivity index (χ1n) is 8.00. The summed E-state index contributed by atoms with van der Waals surface area (Å²) in [5.41, 5.74) is 2.95. The van der Waals surface area contributed by atoms with Crippen molar-refractivity contribution in [1.29, 1.82) is 0 Å². The van der Waals surface area contributed by atoms with Crippen molar-refractivity contribution in [2.75, 3.05) is 5.32 Å². The van der Waals surface area contributed by atoms with Gasteiger partial charge >= 0.3 is 6.01 Å². The normalized spacial score (nSPS) is 10.6. The summed E-state index contributed by atoms with van der Waals surface area (Å²) in [5, 5.41) is 11.4. The molecule has 0 saturated carbocycles. The Morgan fingerprint density at radius 3 is 2.54 bits per heavy atom. The van der Waals surface area contributed by atoms with E-state index in [0.29, 0.717) is 11.9 Å². The second kappa shape index (κ2) is 7.79. The summed E-state index contributed by atoms with van der Waals surface area (Å²) in [6.07, 6.45) is 7.12. The standard InChI is InChI=1S/C19H15N5OS/c1-2-4-15(5-3-1)22-19-24-23-18(25-19)16-8-11-21-12-17(16)26-13-14-6-9-20-10-7-14/h1-12H,13H2,(H,22,24). The quantitative estimate of drug-likeness (QED) is 0.504. The van der Waals surface area contributed by atoms with Gasteiger partial charge in [-0.25, -0.2) is 0 Å². The molecule has 0 saturated heterocycles. The van der Waals surface area contributed by atoms with E-state index in [1.165, 1.54) is 5.56 Å². The van der Waals surface area contributed by atoms with Crippen LogP contribution in [0.4, 0.5) is 11.7 Å². The van der Waals surface area contributed by atoms with Gasteiger partial charge in [0.15, 0.2) is 0 Å². The smallest absolute Gasteiger partial charge is 0.320 e. The van der Waals surface area contributed by atoms with Crippen LogP contribution in [0.2, 0.25) is 0 Å². The minimum absolute atomic E-state index is 0.355. The second-order valence-corrected chi connectivity index (χ2v) is 6.44. The Balaban J connectivity index is 1.53. The van der Waals surface area contributed by atoms with Crippen molar-refractivity contribution in [1.82, 2.24) is 20.2 Å². The SMILES string of the molecule is c1ccc(Nc2nnc(-c3ccncc3SCc3ccncc3)o2)cc1. The van der Waals surface area contributed by atoms with E-state index in [0.717, 1.165) is 21.9 Å². The van der Waals surface area contributed by atoms with Crippen molar-refractivity contribution < 1.29 is 4.42 Å². The second-order valence-electron chi connectivity index (χ2n) is 5.42. The molecule has 1 aromatic carbocycles. The summed E-state index contributed by atoms with van der Waals surface area (Å²) in [5.74, 6) is 1.27. The predicted octanol–water partition coefficient (Wildman–Crippen LogP) is 4.56. The van der Waals surface area contributed by atoms with Gasteiger partial charge in [-0.05, 0) is 35.9 Å². The van der Waals surface area contributed by atoms with E-state index in [1.807, 2.05) is 54.7 Å². The van der Waals surface area contributed by atoms with Crippen LogP contribution in [0.5, 0.6) is 0 Å². The van der Waals surface area contributed by atoms with E-state index in [9.17, 15) is 0 Å². The summed E-state index contributed by atoms with van der Waals surface area (Å²) in [6, 6.07) is 15.9. The molecule has 0 atom stereocenters. The van der Waals surface area contributed by atoms with Gasteiger partial charge in [0.1, 0.15) is 0 Å². The van der Waals surface area contributed by atoms with Gasteiger partial charge in [-0.3, -0.25) is 9.97 Å². The van der Waals surface area contributed by atoms with Gasteiger partial charge in [0.05, 0.1) is 5.56 Å². The molecule has 0 aliphatic rings. The van der Waals surface area contributed by atoms with Crippen molar-refractivity contribution in [3.63, 3.8) is 0 Å². The zero-order valence-electron chi connectivity index (χ0n) is 13.7. The van der Waals surface area contributed by atoms with Gasteiger partial charge in [0.2, 0.25) is 0 Å². The number of nitrogens with zero attached hydrogens (tertiary/aromatic N) is 4. The predicted molar refractivity (Wildman–Crippen MR) is 101 cm³/mol. The number of hydrogen-bond donors (Lipinski definition) is 1. The van der Waals surface area contributed by atoms with Crippen LogP contribution < -0.4 is 5.32 Å². The lowest BCUT2D eigenvalue weighted by Gasteiger charge is -2.05. The Morgan fingerprint density at radius 2 is 1.69 bits per heavy atom. The molecular formula is C19H15N5OS. The molecule has 4 aromatic rings. The monoisotopic (exact) mass is 361 g/mol. The zero-order valence-corrected chi connectivity index (χ0v) is 14.6. The molecule has 3 heterocycles. The molecule has 0 aliphatic carbocycles. The Morgan fingerprint density at radius 1 is 0.885 bits per heavy atom. The highest BCUT2D eigenvalue weighted by Gasteiger charge is 2.13. The molecule has 4 rings (SSSR count). The number of benzene rings is 1. The van der Waals surface area contributed by atoms with Crippen LogP contribution in [-0.2, 0) is 5.75 Å². The maximum absolute atomic E-state index is 5.78. The third-order valence-corrected chi connectivity index (χ3v) is 4.72. The molecule has 6 nitrogen and oxygen atoms in total. The van der Waals surface area contributed by atoms with Crippen LogP contribution in [0.25, 0.3) is 11.5 Å². The zero-order chi connectivity index (χ0) is 17.6. The van der Waals surface area contributed by atoms with Gasteiger partial charge in [0, 0.05) is 41.1 Å². The highest BCUT2D eigenvalue weighted by atomic mass is 32.2. The van der Waals surface area contributed by atoms with Crippen LogP contribution in [-0.4, -0.2) is 20.2 Å². The van der Waals surface area contributed by atoms with Gasteiger partial charge in [-0.2, -0.15) is 0 Å². The Hall–Kier alpha value is -3.19. The molecule has 0 fully saturated rings. The highest BCUT2D eigenvalue weighted by Crippen LogP contribution is 2.32. The first kappa shape index (κ1) is 16.3. The molecule has 0 unspecified atom stereocenters. The van der Waals surface area contributed by atoms with Crippen LogP contribution in [0.1, 0.15) is 5.56 Å². The van der Waals surface area contributed by atoms with Crippen molar-refractivity contribution in [3.8, 4) is 11.5 Å². The number of aromatic nitrogens is 4. The van der Waals surface area contributed by atoms with E-state index in [-0.39, 0.29) is 0 Å². The minimum atomic E-state index is 0.355. The fraction of sp³-hybridized carbons (Fsp3) is 0.0526. The maximum Gasteiger partial charge on any atom is 0.320 e. The first-order chi connectivity index (χ1) is 12.9. The molecule has 0 spiro atoms. The molecule has 0 amide bonds. The van der Waals surface area contributed by atoms with E-state index in [1.54, 1.807) is 30.4 Å². The first-order valence-corrected chi connectivity index (χ1v) is 8.99. The molecular weight excluding hydrogens is 346 g/mol. The number of pyridine rings is 2. The molecule has 7 heteroatoms. The lowest BCUT2D eigenvalue weighted by atomic mass is 10.3. The van der Waals surface area contributed by atoms with Gasteiger partial charge < -0.3 is 9.73 Å². The van der Waals surface area contributed by atoms with Crippen LogP contribution in [0.15, 0.2) is 82.6 Å². The summed E-state index contributed by atoms with van der Waals surface area (Å²) in [6.45, 7) is 0. The largest absolute Gasteiger partial charge is 0.403 e. The fourth-order valence-electron chi connectivity index (χ4n) is 2.34. The van der Waals surface area contributed by atoms with Crippen molar-refractivity contribution in [2.45, 2.75) is 10.6 Å². The van der Waals surface area contributed by atoms with E-state index in [4.69, 9.17) is 4.42 Å². The fourth-order valence-corrected chi connectivity index (χ4v) is 3.30. The van der Waals surface area contributed by atoms with Gasteiger partial charge in [-0.1, -0.05) is 23.3 Å². The Labute approximate surface area is 154 Å². The average molecular weight is 361 g/mol. The number of para-hydroxylation sites is 1. The van der Waals surface area contributed by atoms with E-state index >= 15 is 0 Å². The molecule has 128 valence electrons. The molecule has 3 aromatic heterocycles. The van der Waals surface area contributed by atoms with Crippen LogP contribution in [0, 0.1) is 0 Å². The van der Waals surface area contributed by atoms with Crippen molar-refractivity contribution in [2.24, 2.45) is 0 Å². The van der Waals surface area contributed by atoms with Crippen LogP contribution >= 0.6 is 11.8 Å². The Kier molecular flexibility index (Phi) is 4.88. The average Bonchev–Trinajstić information content (AvgIpc) is 3.16. The lowest BCUT2D eigenvalue weighted by molar-refractivity contribution is 0.586. The summed E-state index contributed by atoms with van der Waals surface area (Å²) in [4.78, 5) is 9.25. The third-order valence-electron chi connectivity index (χ3n) is 3.61. The number of anilines is 2. The summed E-state index contributed by atoms with van der Waals surface area (Å²) >= 11 is 1.67. The molecule has 0 aliphatic heterocycles. The molecule has 0 bridgehead atoms. The molecule has 0 radical (unpaired) electrons. The minimum Gasteiger partial charge on any atom is -0.403 e. The third kappa shape index (κ3) is 3.89. The molecule has 26 heavy (non-hydrogen) atoms. The van der Waals surface area contributed by atoms with Crippen LogP contribution in [0.3, 0.4) is 0 Å². The van der Waals surface area contributed by atoms with Crippen molar-refractivity contribution >= 4 is 23.5 Å². The maximum atomic E-state index is 5.78. The highest BCUT2D eigenvalue weighted by molar-refractivity contribution is 7.98. The summed E-state index contributed by atoms with van der Waals surface area (Å²) in [7, 11) is 0. The van der Waals surface area contributed by atoms with Gasteiger partial charge in [-0.15, -0.1) is 16.9 Å².